The van der Waals surface area contributed by atoms with E-state index >= 15 is 0 Å². The SMILES string of the molecule is CC/C=C\C/C=C\C/C=C\C/C=C\C/C=C\CCCCCCCCCCCCCCCCCCCC(=O)OCC(COC(=O)CCCCCCCCCCCCCCC)OC(=O)CCC/C=C\C/C=C\C/C=C\C/C=C\C/C=C\CC. The van der Waals surface area contributed by atoms with Gasteiger partial charge in [0.1, 0.15) is 13.2 Å². The van der Waals surface area contributed by atoms with E-state index in [9.17, 15) is 14.4 Å². The zero-order valence-corrected chi connectivity index (χ0v) is 53.0. The average Bonchev–Trinajstić information content (AvgIpc) is 3.46. The van der Waals surface area contributed by atoms with Crippen LogP contribution in [0.5, 0.6) is 0 Å². The lowest BCUT2D eigenvalue weighted by Crippen LogP contribution is -2.30. The summed E-state index contributed by atoms with van der Waals surface area (Å²) in [5.74, 6) is -0.946. The summed E-state index contributed by atoms with van der Waals surface area (Å²) in [4.78, 5) is 38.3. The van der Waals surface area contributed by atoms with E-state index in [0.717, 1.165) is 109 Å². The Kier molecular flexibility index (Phi) is 64.8. The predicted octanol–water partition coefficient (Wildman–Crippen LogP) is 23.6. The van der Waals surface area contributed by atoms with E-state index in [0.29, 0.717) is 19.3 Å². The van der Waals surface area contributed by atoms with E-state index in [1.807, 2.05) is 0 Å². The molecule has 0 saturated carbocycles. The first kappa shape index (κ1) is 76.8. The Balaban J connectivity index is 4.23. The Morgan fingerprint density at radius 2 is 0.494 bits per heavy atom. The van der Waals surface area contributed by atoms with Crippen LogP contribution in [0.2, 0.25) is 0 Å². The number of carbonyl (C=O) groups excluding carboxylic acids is 3. The monoisotopic (exact) mass is 1120 g/mol. The van der Waals surface area contributed by atoms with Crippen molar-refractivity contribution in [1.29, 1.82) is 0 Å². The number of unbranched alkanes of at least 4 members (excludes halogenated alkanes) is 30. The Morgan fingerprint density at radius 3 is 0.790 bits per heavy atom. The van der Waals surface area contributed by atoms with Crippen LogP contribution in [0.1, 0.15) is 316 Å². The number of esters is 3. The summed E-state index contributed by atoms with van der Waals surface area (Å²) in [6, 6.07) is 0. The van der Waals surface area contributed by atoms with E-state index < -0.39 is 6.10 Å². The molecular formula is C75H126O6. The molecule has 0 spiro atoms. The van der Waals surface area contributed by atoms with Crippen molar-refractivity contribution in [3.63, 3.8) is 0 Å². The Hall–Kier alpha value is -4.19. The van der Waals surface area contributed by atoms with Crippen molar-refractivity contribution >= 4 is 17.9 Å². The van der Waals surface area contributed by atoms with E-state index in [1.165, 1.54) is 161 Å². The van der Waals surface area contributed by atoms with Crippen molar-refractivity contribution in [2.45, 2.75) is 322 Å². The van der Waals surface area contributed by atoms with Crippen molar-refractivity contribution in [3.8, 4) is 0 Å². The van der Waals surface area contributed by atoms with E-state index in [-0.39, 0.29) is 37.5 Å². The second-order valence-electron chi connectivity index (χ2n) is 22.3. The van der Waals surface area contributed by atoms with Crippen molar-refractivity contribution in [1.82, 2.24) is 0 Å². The summed E-state index contributed by atoms with van der Waals surface area (Å²) < 4.78 is 16.9. The summed E-state index contributed by atoms with van der Waals surface area (Å²) in [5.41, 5.74) is 0. The van der Waals surface area contributed by atoms with Gasteiger partial charge >= 0.3 is 17.9 Å². The molecule has 0 amide bonds. The van der Waals surface area contributed by atoms with Gasteiger partial charge in [0, 0.05) is 19.3 Å². The van der Waals surface area contributed by atoms with Crippen LogP contribution in [-0.4, -0.2) is 37.2 Å². The van der Waals surface area contributed by atoms with E-state index in [2.05, 4.69) is 142 Å². The molecule has 0 aromatic heterocycles. The van der Waals surface area contributed by atoms with Crippen LogP contribution in [0.25, 0.3) is 0 Å². The van der Waals surface area contributed by atoms with Gasteiger partial charge in [-0.2, -0.15) is 0 Å². The summed E-state index contributed by atoms with van der Waals surface area (Å²) in [6.45, 7) is 6.39. The fraction of sp³-hybridized carbons (Fsp3) is 0.693. The maximum Gasteiger partial charge on any atom is 0.306 e. The highest BCUT2D eigenvalue weighted by Crippen LogP contribution is 2.17. The van der Waals surface area contributed by atoms with Crippen LogP contribution in [0.15, 0.2) is 122 Å². The fourth-order valence-corrected chi connectivity index (χ4v) is 9.45. The molecule has 0 rings (SSSR count). The Labute approximate surface area is 501 Å². The fourth-order valence-electron chi connectivity index (χ4n) is 9.45. The minimum absolute atomic E-state index is 0.0978. The third kappa shape index (κ3) is 66.5. The van der Waals surface area contributed by atoms with Crippen LogP contribution in [0.4, 0.5) is 0 Å². The molecule has 0 heterocycles. The van der Waals surface area contributed by atoms with Crippen LogP contribution < -0.4 is 0 Å². The quantitative estimate of drug-likeness (QED) is 0.0261. The predicted molar refractivity (Wildman–Crippen MR) is 353 cm³/mol. The van der Waals surface area contributed by atoms with Gasteiger partial charge in [0.15, 0.2) is 6.10 Å². The molecule has 0 N–H and O–H groups in total. The molecule has 0 aromatic rings. The van der Waals surface area contributed by atoms with Gasteiger partial charge in [-0.25, -0.2) is 0 Å². The van der Waals surface area contributed by atoms with Gasteiger partial charge in [-0.1, -0.05) is 316 Å². The number of ether oxygens (including phenoxy) is 3. The summed E-state index contributed by atoms with van der Waals surface area (Å²) >= 11 is 0. The molecule has 0 aliphatic carbocycles. The highest BCUT2D eigenvalue weighted by molar-refractivity contribution is 5.71. The maximum absolute atomic E-state index is 12.9. The molecule has 0 aliphatic heterocycles. The number of rotatable bonds is 61. The Bertz CT molecular complexity index is 1670. The second kappa shape index (κ2) is 68.3. The minimum atomic E-state index is -0.808. The van der Waals surface area contributed by atoms with Crippen molar-refractivity contribution in [3.05, 3.63) is 122 Å². The second-order valence-corrected chi connectivity index (χ2v) is 22.3. The smallest absolute Gasteiger partial charge is 0.306 e. The lowest BCUT2D eigenvalue weighted by atomic mass is 10.0. The molecule has 6 nitrogen and oxygen atoms in total. The van der Waals surface area contributed by atoms with E-state index in [4.69, 9.17) is 14.2 Å². The third-order valence-corrected chi connectivity index (χ3v) is 14.5. The van der Waals surface area contributed by atoms with Crippen LogP contribution in [0.3, 0.4) is 0 Å². The van der Waals surface area contributed by atoms with E-state index in [1.54, 1.807) is 0 Å². The molecule has 1 unspecified atom stereocenters. The topological polar surface area (TPSA) is 78.9 Å². The number of hydrogen-bond acceptors (Lipinski definition) is 6. The minimum Gasteiger partial charge on any atom is -0.462 e. The molecule has 0 fully saturated rings. The van der Waals surface area contributed by atoms with Gasteiger partial charge in [0.05, 0.1) is 0 Å². The van der Waals surface area contributed by atoms with Crippen LogP contribution in [0, 0.1) is 0 Å². The zero-order chi connectivity index (χ0) is 58.5. The molecule has 462 valence electrons. The highest BCUT2D eigenvalue weighted by Gasteiger charge is 2.19. The van der Waals surface area contributed by atoms with Crippen LogP contribution in [-0.2, 0) is 28.6 Å². The van der Waals surface area contributed by atoms with Gasteiger partial charge < -0.3 is 14.2 Å². The first-order valence-corrected chi connectivity index (χ1v) is 34.0. The Morgan fingerprint density at radius 1 is 0.259 bits per heavy atom. The average molecular weight is 1120 g/mol. The third-order valence-electron chi connectivity index (χ3n) is 14.5. The number of hydrogen-bond donors (Lipinski definition) is 0. The number of allylic oxidation sites excluding steroid dienone is 20. The van der Waals surface area contributed by atoms with Crippen LogP contribution >= 0.6 is 0 Å². The van der Waals surface area contributed by atoms with Crippen molar-refractivity contribution in [2.24, 2.45) is 0 Å². The van der Waals surface area contributed by atoms with Gasteiger partial charge in [0.25, 0.3) is 0 Å². The molecule has 0 aliphatic rings. The molecule has 0 radical (unpaired) electrons. The normalized spacial score (nSPS) is 12.9. The molecule has 0 bridgehead atoms. The highest BCUT2D eigenvalue weighted by atomic mass is 16.6. The van der Waals surface area contributed by atoms with Gasteiger partial charge in [-0.3, -0.25) is 14.4 Å². The summed E-state index contributed by atoms with van der Waals surface area (Å²) in [5, 5.41) is 0. The van der Waals surface area contributed by atoms with Gasteiger partial charge in [-0.15, -0.1) is 0 Å². The summed E-state index contributed by atoms with van der Waals surface area (Å²) in [6.07, 6.45) is 95.2. The standard InChI is InChI=1S/C75H126O6/c1-4-7-10-13-16-19-22-25-27-29-30-31-32-33-34-35-36-37-38-39-40-41-42-43-44-46-47-50-53-56-59-62-65-68-74(77)80-71-72(70-79-73(76)67-64-61-58-55-52-49-24-21-18-15-12-9-6-3)81-75(78)69-66-63-60-57-54-51-48-45-28-26-23-20-17-14-11-8-5-2/h7-8,10-11,16-17,19-20,25-28,30-31,33-34,48,51,57,60,72H,4-6,9,12-15,18,21-24,29,32,35-47,49-50,52-56,58-59,61-71H2,1-3H3/b10-7-,11-8-,19-16-,20-17-,27-25-,28-26-,31-30-,34-33-,51-48-,60-57-. The zero-order valence-electron chi connectivity index (χ0n) is 53.0. The molecule has 1 atom stereocenters. The van der Waals surface area contributed by atoms with Crippen molar-refractivity contribution < 1.29 is 28.6 Å². The molecule has 0 aromatic carbocycles. The molecule has 81 heavy (non-hydrogen) atoms. The lowest BCUT2D eigenvalue weighted by molar-refractivity contribution is -0.167. The summed E-state index contributed by atoms with van der Waals surface area (Å²) in [7, 11) is 0. The molecular weight excluding hydrogens is 997 g/mol. The van der Waals surface area contributed by atoms with Gasteiger partial charge in [0.2, 0.25) is 0 Å². The first-order valence-electron chi connectivity index (χ1n) is 34.0. The van der Waals surface area contributed by atoms with Crippen molar-refractivity contribution in [2.75, 3.05) is 13.2 Å². The number of carbonyl (C=O) groups is 3. The lowest BCUT2D eigenvalue weighted by Gasteiger charge is -2.18. The largest absolute Gasteiger partial charge is 0.462 e. The van der Waals surface area contributed by atoms with Gasteiger partial charge in [-0.05, 0) is 103 Å². The maximum atomic E-state index is 12.9. The first-order chi connectivity index (χ1) is 40.0. The molecule has 0 saturated heterocycles. The molecule has 6 heteroatoms.